The monoisotopic (exact) mass is 286 g/mol. The number of carbonyl (C=O) groups is 3. The van der Waals surface area contributed by atoms with Gasteiger partial charge in [0.1, 0.15) is 26.4 Å². The highest BCUT2D eigenvalue weighted by Crippen LogP contribution is 1.89. The minimum Gasteiger partial charge on any atom is -0.459 e. The van der Waals surface area contributed by atoms with Crippen LogP contribution in [0.5, 0.6) is 0 Å². The first-order valence-corrected chi connectivity index (χ1v) is 5.98. The van der Waals surface area contributed by atoms with Crippen LogP contribution in [0.4, 0.5) is 4.79 Å². The quantitative estimate of drug-likeness (QED) is 0.288. The molecule has 0 spiro atoms. The first-order chi connectivity index (χ1) is 9.60. The van der Waals surface area contributed by atoms with Crippen molar-refractivity contribution in [3.63, 3.8) is 0 Å². The molecule has 0 aromatic rings. The molecule has 0 aromatic carbocycles. The van der Waals surface area contributed by atoms with Gasteiger partial charge in [-0.2, -0.15) is 0 Å². The van der Waals surface area contributed by atoms with Crippen LogP contribution in [-0.2, 0) is 28.5 Å². The predicted octanol–water partition coefficient (Wildman–Crippen LogP) is 1.38. The zero-order valence-corrected chi connectivity index (χ0v) is 11.5. The Morgan fingerprint density at radius 2 is 1.05 bits per heavy atom. The molecule has 0 saturated heterocycles. The molecule has 0 N–H and O–H groups in total. The fourth-order valence-corrected chi connectivity index (χ4v) is 0.945. The van der Waals surface area contributed by atoms with E-state index in [1.807, 2.05) is 0 Å². The van der Waals surface area contributed by atoms with E-state index in [2.05, 4.69) is 18.9 Å². The summed E-state index contributed by atoms with van der Waals surface area (Å²) in [6.07, 6.45) is 4.64. The minimum atomic E-state index is -0.922. The van der Waals surface area contributed by atoms with Crippen LogP contribution in [0.25, 0.3) is 0 Å². The number of hydrogen-bond donors (Lipinski definition) is 0. The standard InChI is InChI=1S/C13H18O7/c1-3-5-11(14)17-7-9-19-13(16)20-10-8-18-12(15)6-4-2/h3-6H,7-10H2,1-2H3. The maximum Gasteiger partial charge on any atom is 0.508 e. The summed E-state index contributed by atoms with van der Waals surface area (Å²) in [6.45, 7) is 3.01. The van der Waals surface area contributed by atoms with Crippen LogP contribution in [-0.4, -0.2) is 44.5 Å². The number of allylic oxidation sites excluding steroid dienone is 2. The molecule has 0 saturated carbocycles. The molecule has 112 valence electrons. The van der Waals surface area contributed by atoms with Gasteiger partial charge < -0.3 is 18.9 Å². The summed E-state index contributed by atoms with van der Waals surface area (Å²) < 4.78 is 18.6. The predicted molar refractivity (Wildman–Crippen MR) is 68.8 cm³/mol. The van der Waals surface area contributed by atoms with E-state index < -0.39 is 18.1 Å². The number of esters is 2. The number of ether oxygens (including phenoxy) is 4. The molecule has 20 heavy (non-hydrogen) atoms. The Hall–Kier alpha value is -2.31. The largest absolute Gasteiger partial charge is 0.508 e. The van der Waals surface area contributed by atoms with Crippen molar-refractivity contribution < 1.29 is 33.3 Å². The lowest BCUT2D eigenvalue weighted by Crippen LogP contribution is -2.16. The van der Waals surface area contributed by atoms with E-state index in [0.29, 0.717) is 0 Å². The topological polar surface area (TPSA) is 88.1 Å². The summed E-state index contributed by atoms with van der Waals surface area (Å²) in [5.74, 6) is -1.03. The Balaban J connectivity index is 3.50. The fourth-order valence-electron chi connectivity index (χ4n) is 0.945. The molecule has 0 radical (unpaired) electrons. The van der Waals surface area contributed by atoms with Crippen LogP contribution >= 0.6 is 0 Å². The SMILES string of the molecule is CC=CC(=O)OCCOC(=O)OCCOC(=O)C=CC. The van der Waals surface area contributed by atoms with Gasteiger partial charge in [0.25, 0.3) is 0 Å². The number of carbonyl (C=O) groups excluding carboxylic acids is 3. The average Bonchev–Trinajstić information content (AvgIpc) is 2.40. The second-order valence-corrected chi connectivity index (χ2v) is 3.28. The van der Waals surface area contributed by atoms with Gasteiger partial charge in [-0.3, -0.25) is 0 Å². The van der Waals surface area contributed by atoms with Gasteiger partial charge in [0.15, 0.2) is 0 Å². The van der Waals surface area contributed by atoms with Crippen molar-refractivity contribution in [3.8, 4) is 0 Å². The van der Waals surface area contributed by atoms with Gasteiger partial charge in [-0.25, -0.2) is 14.4 Å². The van der Waals surface area contributed by atoms with Crippen molar-refractivity contribution >= 4 is 18.1 Å². The van der Waals surface area contributed by atoms with Crippen molar-refractivity contribution in [2.45, 2.75) is 13.8 Å². The van der Waals surface area contributed by atoms with E-state index in [4.69, 9.17) is 0 Å². The van der Waals surface area contributed by atoms with Gasteiger partial charge in [-0.1, -0.05) is 12.2 Å². The first-order valence-electron chi connectivity index (χ1n) is 5.98. The van der Waals surface area contributed by atoms with E-state index >= 15 is 0 Å². The fraction of sp³-hybridized carbons (Fsp3) is 0.462. The molecule has 0 aliphatic carbocycles. The molecule has 0 atom stereocenters. The van der Waals surface area contributed by atoms with E-state index in [1.165, 1.54) is 24.3 Å². The van der Waals surface area contributed by atoms with Crippen LogP contribution < -0.4 is 0 Å². The lowest BCUT2D eigenvalue weighted by Gasteiger charge is -2.06. The highest BCUT2D eigenvalue weighted by atomic mass is 16.7. The Kier molecular flexibility index (Phi) is 10.4. The van der Waals surface area contributed by atoms with Crippen LogP contribution in [0, 0.1) is 0 Å². The molecule has 0 fully saturated rings. The molecule has 0 aliphatic rings. The van der Waals surface area contributed by atoms with Gasteiger partial charge in [0, 0.05) is 12.2 Å². The zero-order chi connectivity index (χ0) is 15.2. The molecule has 0 unspecified atom stereocenters. The Bertz CT molecular complexity index is 337. The third-order valence-corrected chi connectivity index (χ3v) is 1.70. The smallest absolute Gasteiger partial charge is 0.459 e. The molecule has 0 aliphatic heterocycles. The van der Waals surface area contributed by atoms with E-state index in [9.17, 15) is 14.4 Å². The maximum atomic E-state index is 11.0. The van der Waals surface area contributed by atoms with Gasteiger partial charge in [-0.05, 0) is 13.8 Å². The molecule has 7 heteroatoms. The normalized spacial score (nSPS) is 10.5. The van der Waals surface area contributed by atoms with Crippen molar-refractivity contribution in [2.24, 2.45) is 0 Å². The van der Waals surface area contributed by atoms with Gasteiger partial charge >= 0.3 is 18.1 Å². The van der Waals surface area contributed by atoms with Crippen molar-refractivity contribution in [1.82, 2.24) is 0 Å². The Morgan fingerprint density at radius 3 is 1.40 bits per heavy atom. The third kappa shape index (κ3) is 10.8. The lowest BCUT2D eigenvalue weighted by molar-refractivity contribution is -0.139. The molecule has 0 amide bonds. The third-order valence-electron chi connectivity index (χ3n) is 1.70. The summed E-state index contributed by atoms with van der Waals surface area (Å²) >= 11 is 0. The summed E-state index contributed by atoms with van der Waals surface area (Å²) in [5.41, 5.74) is 0. The number of hydrogen-bond acceptors (Lipinski definition) is 7. The maximum absolute atomic E-state index is 11.0. The van der Waals surface area contributed by atoms with Crippen molar-refractivity contribution in [2.75, 3.05) is 26.4 Å². The van der Waals surface area contributed by atoms with Crippen molar-refractivity contribution in [1.29, 1.82) is 0 Å². The second kappa shape index (κ2) is 11.8. The minimum absolute atomic E-state index is 0.0610. The highest BCUT2D eigenvalue weighted by Gasteiger charge is 2.05. The van der Waals surface area contributed by atoms with E-state index in [0.717, 1.165) is 0 Å². The summed E-state index contributed by atoms with van der Waals surface area (Å²) in [4.78, 5) is 32.8. The second-order valence-electron chi connectivity index (χ2n) is 3.28. The van der Waals surface area contributed by atoms with Gasteiger partial charge in [0.2, 0.25) is 0 Å². The molecular formula is C13H18O7. The average molecular weight is 286 g/mol. The summed E-state index contributed by atoms with van der Waals surface area (Å²) in [7, 11) is 0. The highest BCUT2D eigenvalue weighted by molar-refractivity contribution is 5.82. The van der Waals surface area contributed by atoms with E-state index in [-0.39, 0.29) is 26.4 Å². The van der Waals surface area contributed by atoms with Crippen LogP contribution in [0.1, 0.15) is 13.8 Å². The van der Waals surface area contributed by atoms with Crippen LogP contribution in [0.2, 0.25) is 0 Å². The summed E-state index contributed by atoms with van der Waals surface area (Å²) in [6, 6.07) is 0. The molecular weight excluding hydrogens is 268 g/mol. The molecule has 0 rings (SSSR count). The lowest BCUT2D eigenvalue weighted by atomic mass is 10.5. The van der Waals surface area contributed by atoms with E-state index in [1.54, 1.807) is 13.8 Å². The number of rotatable bonds is 8. The first kappa shape index (κ1) is 17.7. The molecule has 0 aromatic heterocycles. The van der Waals surface area contributed by atoms with Gasteiger partial charge in [-0.15, -0.1) is 0 Å². The Labute approximate surface area is 117 Å². The van der Waals surface area contributed by atoms with Crippen LogP contribution in [0.15, 0.2) is 24.3 Å². The van der Waals surface area contributed by atoms with Crippen molar-refractivity contribution in [3.05, 3.63) is 24.3 Å². The zero-order valence-electron chi connectivity index (χ0n) is 11.5. The van der Waals surface area contributed by atoms with Gasteiger partial charge in [0.05, 0.1) is 0 Å². The Morgan fingerprint density at radius 1 is 0.700 bits per heavy atom. The molecule has 7 nitrogen and oxygen atoms in total. The van der Waals surface area contributed by atoms with Crippen LogP contribution in [0.3, 0.4) is 0 Å². The molecule has 0 bridgehead atoms. The summed E-state index contributed by atoms with van der Waals surface area (Å²) in [5, 5.41) is 0. The molecule has 0 heterocycles.